The van der Waals surface area contributed by atoms with Crippen LogP contribution in [0.2, 0.25) is 0 Å². The minimum atomic E-state index is -0.0355. The molecule has 1 aliphatic rings. The largest absolute Gasteiger partial charge is 0.465 e. The number of amides is 1. The second-order valence-electron chi connectivity index (χ2n) is 6.70. The van der Waals surface area contributed by atoms with Crippen molar-refractivity contribution in [2.24, 2.45) is 0 Å². The number of nitrogens with zero attached hydrogens (tertiary/aromatic N) is 4. The maximum absolute atomic E-state index is 11.6. The van der Waals surface area contributed by atoms with Crippen LogP contribution in [0.15, 0.2) is 22.7 Å². The van der Waals surface area contributed by atoms with Gasteiger partial charge in [0.2, 0.25) is 5.91 Å². The van der Waals surface area contributed by atoms with Gasteiger partial charge in [-0.3, -0.25) is 9.69 Å². The lowest BCUT2D eigenvalue weighted by Crippen LogP contribution is -2.37. The normalized spacial score (nSPS) is 17.5. The van der Waals surface area contributed by atoms with E-state index in [-0.39, 0.29) is 18.6 Å². The maximum Gasteiger partial charge on any atom is 0.248 e. The van der Waals surface area contributed by atoms with Gasteiger partial charge in [0.1, 0.15) is 24.0 Å². The Labute approximate surface area is 148 Å². The second kappa shape index (κ2) is 7.41. The fraction of sp³-hybridized carbons (Fsp3) is 0.556. The Morgan fingerprint density at radius 1 is 1.40 bits per heavy atom. The van der Waals surface area contributed by atoms with Gasteiger partial charge in [0.15, 0.2) is 0 Å². The standard InChI is InChI=1S/C18H26N4O3/c1-13-5-6-16(25-13)10-21-7-8-22-15(9-19-18(22)14(21)2)11-24-12-17(23)20(3)4/h5-6,9,14H,7-8,10-12H2,1-4H3. The van der Waals surface area contributed by atoms with E-state index in [1.807, 2.05) is 25.3 Å². The Morgan fingerprint density at radius 3 is 2.88 bits per heavy atom. The molecule has 1 unspecified atom stereocenters. The summed E-state index contributed by atoms with van der Waals surface area (Å²) < 4.78 is 13.4. The second-order valence-corrected chi connectivity index (χ2v) is 6.70. The summed E-state index contributed by atoms with van der Waals surface area (Å²) in [4.78, 5) is 20.1. The molecule has 3 heterocycles. The van der Waals surface area contributed by atoms with Crippen LogP contribution < -0.4 is 0 Å². The van der Waals surface area contributed by atoms with Crippen molar-refractivity contribution < 1.29 is 13.9 Å². The van der Waals surface area contributed by atoms with E-state index in [2.05, 4.69) is 21.4 Å². The summed E-state index contributed by atoms with van der Waals surface area (Å²) in [5.41, 5.74) is 1.02. The lowest BCUT2D eigenvalue weighted by molar-refractivity contribution is -0.134. The third-order valence-electron chi connectivity index (χ3n) is 4.63. The zero-order valence-electron chi connectivity index (χ0n) is 15.4. The molecule has 0 bridgehead atoms. The van der Waals surface area contributed by atoms with Gasteiger partial charge in [0.05, 0.1) is 31.1 Å². The fourth-order valence-corrected chi connectivity index (χ4v) is 3.08. The molecule has 0 saturated heterocycles. The van der Waals surface area contributed by atoms with E-state index in [0.29, 0.717) is 6.61 Å². The number of fused-ring (bicyclic) bond motifs is 1. The number of aryl methyl sites for hydroxylation is 1. The van der Waals surface area contributed by atoms with Crippen molar-refractivity contribution in [2.45, 2.75) is 39.6 Å². The van der Waals surface area contributed by atoms with Crippen molar-refractivity contribution in [3.05, 3.63) is 41.4 Å². The SMILES string of the molecule is Cc1ccc(CN2CCn3c(COCC(=O)N(C)C)cnc3C2C)o1. The van der Waals surface area contributed by atoms with Gasteiger partial charge < -0.3 is 18.6 Å². The molecule has 3 rings (SSSR count). The molecule has 7 heteroatoms. The molecule has 2 aromatic rings. The molecule has 1 atom stereocenters. The van der Waals surface area contributed by atoms with Gasteiger partial charge in [0, 0.05) is 27.2 Å². The van der Waals surface area contributed by atoms with Gasteiger partial charge in [-0.15, -0.1) is 0 Å². The quantitative estimate of drug-likeness (QED) is 0.800. The van der Waals surface area contributed by atoms with Crippen molar-refractivity contribution in [1.29, 1.82) is 0 Å². The zero-order chi connectivity index (χ0) is 18.0. The highest BCUT2D eigenvalue weighted by atomic mass is 16.5. The lowest BCUT2D eigenvalue weighted by atomic mass is 10.2. The van der Waals surface area contributed by atoms with Crippen LogP contribution in [0.4, 0.5) is 0 Å². The Balaban J connectivity index is 1.62. The minimum Gasteiger partial charge on any atom is -0.465 e. The van der Waals surface area contributed by atoms with Gasteiger partial charge >= 0.3 is 0 Å². The van der Waals surface area contributed by atoms with Crippen LogP contribution in [-0.2, 0) is 29.2 Å². The first-order chi connectivity index (χ1) is 12.0. The Kier molecular flexibility index (Phi) is 5.24. The highest BCUT2D eigenvalue weighted by Crippen LogP contribution is 2.27. The Hall–Kier alpha value is -2.12. The number of carbonyl (C=O) groups is 1. The van der Waals surface area contributed by atoms with Crippen LogP contribution in [-0.4, -0.2) is 52.5 Å². The predicted octanol–water partition coefficient (Wildman–Crippen LogP) is 1.97. The first-order valence-electron chi connectivity index (χ1n) is 8.57. The number of furan rings is 1. The van der Waals surface area contributed by atoms with E-state index in [9.17, 15) is 4.79 Å². The summed E-state index contributed by atoms with van der Waals surface area (Å²) >= 11 is 0. The fourth-order valence-electron chi connectivity index (χ4n) is 3.08. The molecule has 0 spiro atoms. The average Bonchev–Trinajstić information content (AvgIpc) is 3.17. The molecule has 136 valence electrons. The first kappa shape index (κ1) is 17.7. The number of carbonyl (C=O) groups excluding carboxylic acids is 1. The predicted molar refractivity (Wildman–Crippen MR) is 92.8 cm³/mol. The number of hydrogen-bond acceptors (Lipinski definition) is 5. The molecule has 0 fully saturated rings. The number of rotatable bonds is 6. The molecule has 1 aliphatic heterocycles. The van der Waals surface area contributed by atoms with Crippen LogP contribution in [0.3, 0.4) is 0 Å². The topological polar surface area (TPSA) is 63.7 Å². The monoisotopic (exact) mass is 346 g/mol. The van der Waals surface area contributed by atoms with Crippen molar-refractivity contribution in [1.82, 2.24) is 19.4 Å². The number of hydrogen-bond donors (Lipinski definition) is 0. The summed E-state index contributed by atoms with van der Waals surface area (Å²) in [6, 6.07) is 4.23. The molecule has 0 radical (unpaired) electrons. The van der Waals surface area contributed by atoms with Crippen LogP contribution in [0.5, 0.6) is 0 Å². The molecule has 0 N–H and O–H groups in total. The van der Waals surface area contributed by atoms with Crippen molar-refractivity contribution in [2.75, 3.05) is 27.2 Å². The third kappa shape index (κ3) is 3.93. The van der Waals surface area contributed by atoms with Crippen molar-refractivity contribution >= 4 is 5.91 Å². The number of imidazole rings is 1. The van der Waals surface area contributed by atoms with E-state index in [1.54, 1.807) is 14.1 Å². The smallest absolute Gasteiger partial charge is 0.248 e. The zero-order valence-corrected chi connectivity index (χ0v) is 15.4. The van der Waals surface area contributed by atoms with Crippen LogP contribution in [0.25, 0.3) is 0 Å². The molecule has 0 aromatic carbocycles. The summed E-state index contributed by atoms with van der Waals surface area (Å²) in [5, 5.41) is 0. The van der Waals surface area contributed by atoms with Crippen LogP contribution >= 0.6 is 0 Å². The molecule has 2 aromatic heterocycles. The van der Waals surface area contributed by atoms with Crippen molar-refractivity contribution in [3.8, 4) is 0 Å². The molecular formula is C18H26N4O3. The van der Waals surface area contributed by atoms with E-state index in [4.69, 9.17) is 9.15 Å². The summed E-state index contributed by atoms with van der Waals surface area (Å²) in [6.45, 7) is 7.18. The summed E-state index contributed by atoms with van der Waals surface area (Å²) in [7, 11) is 3.45. The maximum atomic E-state index is 11.6. The molecule has 1 amide bonds. The van der Waals surface area contributed by atoms with E-state index in [1.165, 1.54) is 4.90 Å². The van der Waals surface area contributed by atoms with Gasteiger partial charge in [-0.1, -0.05) is 0 Å². The lowest BCUT2D eigenvalue weighted by Gasteiger charge is -2.33. The van der Waals surface area contributed by atoms with Crippen molar-refractivity contribution in [3.63, 3.8) is 0 Å². The Bertz CT molecular complexity index is 735. The van der Waals surface area contributed by atoms with Crippen LogP contribution in [0, 0.1) is 6.92 Å². The van der Waals surface area contributed by atoms with E-state index < -0.39 is 0 Å². The average molecular weight is 346 g/mol. The highest BCUT2D eigenvalue weighted by Gasteiger charge is 2.27. The minimum absolute atomic E-state index is 0.0355. The highest BCUT2D eigenvalue weighted by molar-refractivity contribution is 5.76. The molecule has 7 nitrogen and oxygen atoms in total. The number of ether oxygens (including phenoxy) is 1. The van der Waals surface area contributed by atoms with Gasteiger partial charge in [-0.05, 0) is 26.0 Å². The number of aromatic nitrogens is 2. The molecule has 25 heavy (non-hydrogen) atoms. The van der Waals surface area contributed by atoms with E-state index >= 15 is 0 Å². The molecule has 0 saturated carbocycles. The summed E-state index contributed by atoms with van der Waals surface area (Å²) in [5.74, 6) is 2.92. The van der Waals surface area contributed by atoms with Gasteiger partial charge in [-0.2, -0.15) is 0 Å². The van der Waals surface area contributed by atoms with E-state index in [0.717, 1.165) is 42.7 Å². The molecule has 0 aliphatic carbocycles. The summed E-state index contributed by atoms with van der Waals surface area (Å²) in [6.07, 6.45) is 1.85. The van der Waals surface area contributed by atoms with Crippen LogP contribution in [0.1, 0.15) is 36.0 Å². The Morgan fingerprint density at radius 2 is 2.20 bits per heavy atom. The first-order valence-corrected chi connectivity index (χ1v) is 8.57. The van der Waals surface area contributed by atoms with Gasteiger partial charge in [-0.25, -0.2) is 4.98 Å². The number of likely N-dealkylation sites (N-methyl/N-ethyl adjacent to an activating group) is 1. The third-order valence-corrected chi connectivity index (χ3v) is 4.63. The molecular weight excluding hydrogens is 320 g/mol. The van der Waals surface area contributed by atoms with Gasteiger partial charge in [0.25, 0.3) is 0 Å².